The van der Waals surface area contributed by atoms with Gasteiger partial charge in [-0.3, -0.25) is 37.3 Å². The van der Waals surface area contributed by atoms with E-state index < -0.39 is 97.5 Å². The lowest BCUT2D eigenvalue weighted by molar-refractivity contribution is -0.161. The van der Waals surface area contributed by atoms with E-state index in [4.69, 9.17) is 37.0 Å². The van der Waals surface area contributed by atoms with E-state index in [1.54, 1.807) is 0 Å². The average molecular weight is 1470 g/mol. The van der Waals surface area contributed by atoms with Crippen molar-refractivity contribution in [1.82, 2.24) is 0 Å². The Morgan fingerprint density at radius 3 is 0.833 bits per heavy atom. The van der Waals surface area contributed by atoms with Crippen molar-refractivity contribution in [2.24, 2.45) is 0 Å². The number of aliphatic hydroxyl groups excluding tert-OH is 1. The summed E-state index contributed by atoms with van der Waals surface area (Å²) in [7, 11) is -9.99. The summed E-state index contributed by atoms with van der Waals surface area (Å²) in [5, 5.41) is 10.6. The molecule has 0 amide bonds. The van der Waals surface area contributed by atoms with E-state index in [0.717, 1.165) is 116 Å². The van der Waals surface area contributed by atoms with Gasteiger partial charge in [-0.2, -0.15) is 0 Å². The van der Waals surface area contributed by atoms with Gasteiger partial charge < -0.3 is 33.8 Å². The maximum atomic E-state index is 13.1. The zero-order chi connectivity index (χ0) is 74.6. The van der Waals surface area contributed by atoms with Crippen LogP contribution in [0.15, 0.2) is 134 Å². The van der Waals surface area contributed by atoms with Gasteiger partial charge in [-0.25, -0.2) is 9.13 Å². The highest BCUT2D eigenvalue weighted by atomic mass is 31.2. The molecule has 0 spiro atoms. The molecule has 0 aliphatic carbocycles. The van der Waals surface area contributed by atoms with Crippen LogP contribution in [0.4, 0.5) is 0 Å². The van der Waals surface area contributed by atoms with Crippen LogP contribution < -0.4 is 0 Å². The van der Waals surface area contributed by atoms with Crippen molar-refractivity contribution in [2.45, 2.75) is 329 Å². The monoisotopic (exact) mass is 1470 g/mol. The van der Waals surface area contributed by atoms with Gasteiger partial charge in [-0.15, -0.1) is 0 Å². The molecule has 0 saturated carbocycles. The van der Waals surface area contributed by atoms with E-state index in [2.05, 4.69) is 131 Å². The molecule has 0 saturated heterocycles. The third kappa shape index (κ3) is 73.5. The van der Waals surface area contributed by atoms with Gasteiger partial charge in [-0.1, -0.05) is 315 Å². The zero-order valence-electron chi connectivity index (χ0n) is 63.7. The molecule has 5 unspecified atom stereocenters. The predicted molar refractivity (Wildman–Crippen MR) is 418 cm³/mol. The molecule has 0 aliphatic rings. The molecular formula is C83H140O17P2. The normalized spacial score (nSPS) is 14.6. The zero-order valence-corrected chi connectivity index (χ0v) is 65.5. The van der Waals surface area contributed by atoms with Crippen molar-refractivity contribution < 1.29 is 80.2 Å². The fourth-order valence-electron chi connectivity index (χ4n) is 10.2. The van der Waals surface area contributed by atoms with E-state index >= 15 is 0 Å². The minimum atomic E-state index is -4.99. The van der Waals surface area contributed by atoms with Gasteiger partial charge in [0.15, 0.2) is 12.2 Å². The van der Waals surface area contributed by atoms with Gasteiger partial charge in [0.25, 0.3) is 0 Å². The topological polar surface area (TPSA) is 237 Å². The SMILES string of the molecule is CC/C=C\C/C=C\C/C=C\C/C=C\C/C=C\C/C=C\CCC(=O)OCC(COP(=O)(O)OCC(O)COP(=O)(O)OCC(COC(=O)CCC/C=C\C/C=C\C/C=C\C/C=C\C/C=C\CC)OC(=O)CCCCCCCCCCCCCCCCC)OC(=O)CCCCCCCCCCCCC. The molecule has 0 heterocycles. The van der Waals surface area contributed by atoms with Crippen molar-refractivity contribution in [1.29, 1.82) is 0 Å². The number of esters is 4. The first kappa shape index (κ1) is 97.2. The molecule has 0 aromatic carbocycles. The second-order valence-electron chi connectivity index (χ2n) is 25.9. The van der Waals surface area contributed by atoms with Crippen LogP contribution in [-0.2, 0) is 65.4 Å². The van der Waals surface area contributed by atoms with Crippen molar-refractivity contribution in [2.75, 3.05) is 39.6 Å². The van der Waals surface area contributed by atoms with E-state index in [9.17, 15) is 43.2 Å². The fraction of sp³-hybridized carbons (Fsp3) is 0.687. The lowest BCUT2D eigenvalue weighted by Crippen LogP contribution is -2.30. The summed E-state index contributed by atoms with van der Waals surface area (Å²) in [6.45, 7) is 4.51. The molecule has 3 N–H and O–H groups in total. The number of phosphoric acid groups is 2. The highest BCUT2D eigenvalue weighted by Gasteiger charge is 2.30. The van der Waals surface area contributed by atoms with Crippen LogP contribution in [0.2, 0.25) is 0 Å². The standard InChI is InChI=1S/C83H140O17P2/c1-5-9-13-17-21-25-29-32-35-37-38-40-43-45-49-52-56-60-64-68-80(85)93-73-78(99-82(87)69-65-61-57-53-47-28-24-20-16-12-8-4)75-97-101(89,90)95-71-77(84)72-96-102(91,92)98-76-79(100-83(88)70-66-62-58-54-50-46-41-34-31-27-23-19-15-11-7-3)74-94-81(86)67-63-59-55-51-48-44-42-39-36-33-30-26-22-18-14-10-6-2/h9-10,13-14,21-22,25-26,32-33,35-36,38,40,42,44-45,49,51,55-56,60,77-79,84H,5-8,11-12,15-20,23-24,27-31,34,37,39,41,43,46-48,50,52-54,57-59,61-76H2,1-4H3,(H,89,90)(H,91,92)/b13-9-,14-10-,25-21-,26-22-,35-32-,36-33-,40-38-,44-42-,49-45-,55-51-,60-56-. The molecular weight excluding hydrogens is 1330 g/mol. The summed E-state index contributed by atoms with van der Waals surface area (Å²) in [5.41, 5.74) is 0. The number of unbranched alkanes of at least 4 members (excludes halogenated alkanes) is 25. The van der Waals surface area contributed by atoms with E-state index in [0.29, 0.717) is 38.5 Å². The number of hydrogen-bond acceptors (Lipinski definition) is 15. The molecule has 0 bridgehead atoms. The molecule has 0 aromatic rings. The van der Waals surface area contributed by atoms with Crippen LogP contribution in [0, 0.1) is 0 Å². The molecule has 0 rings (SSSR count). The number of allylic oxidation sites excluding steroid dienone is 22. The van der Waals surface area contributed by atoms with Crippen molar-refractivity contribution in [3.8, 4) is 0 Å². The first-order valence-electron chi connectivity index (χ1n) is 39.4. The Morgan fingerprint density at radius 1 is 0.284 bits per heavy atom. The van der Waals surface area contributed by atoms with Crippen LogP contribution in [0.25, 0.3) is 0 Å². The number of rotatable bonds is 73. The fourth-order valence-corrected chi connectivity index (χ4v) is 11.8. The number of ether oxygens (including phenoxy) is 4. The second kappa shape index (κ2) is 74.5. The smallest absolute Gasteiger partial charge is 0.462 e. The van der Waals surface area contributed by atoms with Gasteiger partial charge in [0.1, 0.15) is 19.3 Å². The Labute approximate surface area is 618 Å². The third-order valence-corrected chi connectivity index (χ3v) is 18.1. The van der Waals surface area contributed by atoms with Crippen LogP contribution in [-0.4, -0.2) is 96.7 Å². The molecule has 584 valence electrons. The van der Waals surface area contributed by atoms with Crippen LogP contribution in [0.3, 0.4) is 0 Å². The van der Waals surface area contributed by atoms with Crippen molar-refractivity contribution >= 4 is 39.5 Å². The van der Waals surface area contributed by atoms with Gasteiger partial charge >= 0.3 is 39.5 Å². The number of aliphatic hydroxyl groups is 1. The third-order valence-electron chi connectivity index (χ3n) is 16.2. The first-order valence-corrected chi connectivity index (χ1v) is 42.4. The second-order valence-corrected chi connectivity index (χ2v) is 28.8. The summed E-state index contributed by atoms with van der Waals surface area (Å²) >= 11 is 0. The number of carbonyl (C=O) groups is 4. The molecule has 102 heavy (non-hydrogen) atoms. The number of hydrogen-bond donors (Lipinski definition) is 3. The Kier molecular flexibility index (Phi) is 71.0. The average Bonchev–Trinajstić information content (AvgIpc) is 0.926. The Hall–Kier alpha value is -4.80. The number of phosphoric ester groups is 2. The van der Waals surface area contributed by atoms with Crippen molar-refractivity contribution in [3.05, 3.63) is 134 Å². The summed E-state index contributed by atoms with van der Waals surface area (Å²) in [4.78, 5) is 72.9. The Bertz CT molecular complexity index is 2460. The molecule has 19 heteroatoms. The maximum Gasteiger partial charge on any atom is 0.472 e. The summed E-state index contributed by atoms with van der Waals surface area (Å²) in [5.74, 6) is -2.33. The van der Waals surface area contributed by atoms with Gasteiger partial charge in [0.05, 0.1) is 26.4 Å². The molecule has 0 aromatic heterocycles. The van der Waals surface area contributed by atoms with E-state index in [-0.39, 0.29) is 25.7 Å². The first-order chi connectivity index (χ1) is 49.7. The number of carbonyl (C=O) groups excluding carboxylic acids is 4. The molecule has 0 aliphatic heterocycles. The highest BCUT2D eigenvalue weighted by Crippen LogP contribution is 2.45. The van der Waals surface area contributed by atoms with Crippen LogP contribution in [0.5, 0.6) is 0 Å². The molecule has 0 fully saturated rings. The summed E-state index contributed by atoms with van der Waals surface area (Å²) in [6.07, 6.45) is 83.2. The quantitative estimate of drug-likeness (QED) is 0.0169. The lowest BCUT2D eigenvalue weighted by atomic mass is 10.0. The summed E-state index contributed by atoms with van der Waals surface area (Å²) in [6, 6.07) is 0. The van der Waals surface area contributed by atoms with E-state index in [1.807, 2.05) is 30.4 Å². The molecule has 17 nitrogen and oxygen atoms in total. The Morgan fingerprint density at radius 2 is 0.529 bits per heavy atom. The lowest BCUT2D eigenvalue weighted by Gasteiger charge is -2.21. The predicted octanol–water partition coefficient (Wildman–Crippen LogP) is 22.9. The van der Waals surface area contributed by atoms with Gasteiger partial charge in [0, 0.05) is 25.7 Å². The van der Waals surface area contributed by atoms with Gasteiger partial charge in [-0.05, 0) is 103 Å². The highest BCUT2D eigenvalue weighted by molar-refractivity contribution is 7.47. The largest absolute Gasteiger partial charge is 0.472 e. The van der Waals surface area contributed by atoms with Gasteiger partial charge in [0.2, 0.25) is 0 Å². The maximum absolute atomic E-state index is 13.1. The van der Waals surface area contributed by atoms with E-state index in [1.165, 1.54) is 103 Å². The Balaban J connectivity index is 5.42. The minimum Gasteiger partial charge on any atom is -0.462 e. The van der Waals surface area contributed by atoms with Crippen LogP contribution in [0.1, 0.15) is 310 Å². The minimum absolute atomic E-state index is 0.0345. The summed E-state index contributed by atoms with van der Waals surface area (Å²) < 4.78 is 68.4. The van der Waals surface area contributed by atoms with Crippen LogP contribution >= 0.6 is 15.6 Å². The molecule has 0 radical (unpaired) electrons. The van der Waals surface area contributed by atoms with Crippen molar-refractivity contribution in [3.63, 3.8) is 0 Å². The molecule has 5 atom stereocenters.